The minimum absolute atomic E-state index is 0.00200. The first-order chi connectivity index (χ1) is 17.1. The van der Waals surface area contributed by atoms with Gasteiger partial charge in [-0.05, 0) is 46.1 Å². The molecule has 0 spiro atoms. The van der Waals surface area contributed by atoms with Crippen LogP contribution < -0.4 is 20.1 Å². The maximum absolute atomic E-state index is 13.3. The molecule has 1 aromatic carbocycles. The highest BCUT2D eigenvalue weighted by molar-refractivity contribution is 6.03. The number of aliphatic hydroxyl groups excluding tert-OH is 1. The molecule has 0 radical (unpaired) electrons. The minimum atomic E-state index is -0.762. The molecule has 36 heavy (non-hydrogen) atoms. The van der Waals surface area contributed by atoms with E-state index in [1.165, 1.54) is 25.3 Å². The number of methoxy groups -OCH3 is 1. The van der Waals surface area contributed by atoms with Gasteiger partial charge in [0.05, 0.1) is 37.6 Å². The van der Waals surface area contributed by atoms with E-state index in [1.807, 2.05) is 0 Å². The Bertz CT molecular complexity index is 929. The summed E-state index contributed by atoms with van der Waals surface area (Å²) in [4.78, 5) is 38.9. The van der Waals surface area contributed by atoms with Crippen molar-refractivity contribution in [3.8, 4) is 11.5 Å². The molecule has 1 aromatic rings. The molecule has 11 nitrogen and oxygen atoms in total. The van der Waals surface area contributed by atoms with Gasteiger partial charge in [0.15, 0.2) is 11.5 Å². The van der Waals surface area contributed by atoms with Gasteiger partial charge in [0.25, 0.3) is 5.91 Å². The van der Waals surface area contributed by atoms with E-state index in [9.17, 15) is 19.5 Å². The van der Waals surface area contributed by atoms with Crippen molar-refractivity contribution >= 4 is 23.8 Å². The summed E-state index contributed by atoms with van der Waals surface area (Å²) >= 11 is 0. The van der Waals surface area contributed by atoms with E-state index in [0.717, 1.165) is 6.42 Å². The number of carbonyl (C=O) groups excluding carboxylic acids is 3. The molecule has 1 heterocycles. The number of likely N-dealkylation sites (tertiary alicyclic amines) is 1. The first-order valence-corrected chi connectivity index (χ1v) is 11.9. The lowest BCUT2D eigenvalue weighted by Crippen LogP contribution is -2.38. The second kappa shape index (κ2) is 13.6. The highest BCUT2D eigenvalue weighted by Crippen LogP contribution is 2.35. The number of hydrogen-bond acceptors (Lipinski definition) is 8. The second-order valence-corrected chi connectivity index (χ2v) is 9.17. The lowest BCUT2D eigenvalue weighted by Gasteiger charge is -2.25. The van der Waals surface area contributed by atoms with Crippen molar-refractivity contribution in [2.75, 3.05) is 45.3 Å². The van der Waals surface area contributed by atoms with E-state index in [0.29, 0.717) is 37.4 Å². The number of carbonyl (C=O) groups is 3. The Labute approximate surface area is 211 Å². The number of amides is 3. The summed E-state index contributed by atoms with van der Waals surface area (Å²) in [6.45, 7) is 9.74. The van der Waals surface area contributed by atoms with Crippen LogP contribution in [0.25, 0.3) is 0 Å². The summed E-state index contributed by atoms with van der Waals surface area (Å²) in [7, 11) is 1.44. The number of nitrogens with zero attached hydrogens (tertiary/aromatic N) is 1. The SMILES string of the molecule is C=CCOC(=O)Nc1cc(OCCCNC(=O)OC(C)(C)C)c(OC)cc1C(=O)N1CCC[C@H]1CO. The van der Waals surface area contributed by atoms with Crippen LogP contribution in [0.5, 0.6) is 11.5 Å². The molecule has 1 aliphatic heterocycles. The third kappa shape index (κ3) is 8.63. The molecule has 1 saturated heterocycles. The smallest absolute Gasteiger partial charge is 0.411 e. The molecular formula is C25H37N3O8. The van der Waals surface area contributed by atoms with Crippen molar-refractivity contribution in [1.82, 2.24) is 10.2 Å². The van der Waals surface area contributed by atoms with Gasteiger partial charge in [0.1, 0.15) is 12.2 Å². The Kier molecular flexibility index (Phi) is 10.8. The van der Waals surface area contributed by atoms with Crippen LogP contribution in [0.1, 0.15) is 50.4 Å². The van der Waals surface area contributed by atoms with Crippen LogP contribution in [0.4, 0.5) is 15.3 Å². The highest BCUT2D eigenvalue weighted by atomic mass is 16.6. The standard InChI is InChI=1S/C25H37N3O8/c1-6-12-35-24(32)27-19-15-21(34-13-8-10-26-23(31)36-25(2,3)4)20(33-5)14-18(19)22(30)28-11-7-9-17(28)16-29/h6,14-15,17,29H,1,7-13,16H2,2-5H3,(H,26,31)(H,27,32)/t17-/m0/s1. The van der Waals surface area contributed by atoms with Gasteiger partial charge in [-0.25, -0.2) is 9.59 Å². The second-order valence-electron chi connectivity index (χ2n) is 9.17. The first kappa shape index (κ1) is 28.8. The molecule has 0 aliphatic carbocycles. The van der Waals surface area contributed by atoms with Crippen LogP contribution in [-0.2, 0) is 9.47 Å². The number of rotatable bonds is 11. The highest BCUT2D eigenvalue weighted by Gasteiger charge is 2.31. The fourth-order valence-electron chi connectivity index (χ4n) is 3.60. The van der Waals surface area contributed by atoms with Crippen molar-refractivity contribution < 1.29 is 38.4 Å². The van der Waals surface area contributed by atoms with Crippen LogP contribution in [-0.4, -0.2) is 79.8 Å². The maximum atomic E-state index is 13.3. The van der Waals surface area contributed by atoms with E-state index in [4.69, 9.17) is 18.9 Å². The fraction of sp³-hybridized carbons (Fsp3) is 0.560. The third-order valence-electron chi connectivity index (χ3n) is 5.20. The van der Waals surface area contributed by atoms with Crippen LogP contribution in [0, 0.1) is 0 Å². The number of aliphatic hydroxyl groups is 1. The van der Waals surface area contributed by atoms with Crippen LogP contribution in [0.15, 0.2) is 24.8 Å². The third-order valence-corrected chi connectivity index (χ3v) is 5.20. The van der Waals surface area contributed by atoms with E-state index in [2.05, 4.69) is 17.2 Å². The minimum Gasteiger partial charge on any atom is -0.493 e. The van der Waals surface area contributed by atoms with Crippen molar-refractivity contribution in [3.05, 3.63) is 30.4 Å². The monoisotopic (exact) mass is 507 g/mol. The zero-order chi connectivity index (χ0) is 26.7. The van der Waals surface area contributed by atoms with Gasteiger partial charge in [-0.2, -0.15) is 0 Å². The molecule has 0 bridgehead atoms. The Morgan fingerprint density at radius 3 is 2.61 bits per heavy atom. The molecule has 1 aliphatic rings. The molecule has 200 valence electrons. The predicted molar refractivity (Wildman–Crippen MR) is 134 cm³/mol. The van der Waals surface area contributed by atoms with Crippen LogP contribution in [0.2, 0.25) is 0 Å². The number of benzene rings is 1. The van der Waals surface area contributed by atoms with E-state index in [-0.39, 0.29) is 43.0 Å². The van der Waals surface area contributed by atoms with Crippen molar-refractivity contribution in [1.29, 1.82) is 0 Å². The Hall–Kier alpha value is -3.47. The molecule has 2 rings (SSSR count). The zero-order valence-electron chi connectivity index (χ0n) is 21.4. The largest absolute Gasteiger partial charge is 0.493 e. The molecule has 0 aromatic heterocycles. The van der Waals surface area contributed by atoms with Crippen molar-refractivity contribution in [2.24, 2.45) is 0 Å². The normalized spacial score (nSPS) is 15.1. The molecule has 3 N–H and O–H groups in total. The zero-order valence-corrected chi connectivity index (χ0v) is 21.4. The first-order valence-electron chi connectivity index (χ1n) is 11.9. The van der Waals surface area contributed by atoms with E-state index >= 15 is 0 Å². The Morgan fingerprint density at radius 2 is 1.97 bits per heavy atom. The molecule has 3 amide bonds. The summed E-state index contributed by atoms with van der Waals surface area (Å²) < 4.78 is 21.5. The molecule has 11 heteroatoms. The topological polar surface area (TPSA) is 136 Å². The average Bonchev–Trinajstić information content (AvgIpc) is 3.30. The molecule has 1 atom stereocenters. The van der Waals surface area contributed by atoms with Crippen LogP contribution in [0.3, 0.4) is 0 Å². The average molecular weight is 508 g/mol. The van der Waals surface area contributed by atoms with Gasteiger partial charge in [-0.15, -0.1) is 0 Å². The van der Waals surface area contributed by atoms with Crippen LogP contribution >= 0.6 is 0 Å². The number of anilines is 1. The quantitative estimate of drug-likeness (QED) is 0.307. The number of nitrogens with one attached hydrogen (secondary N) is 2. The molecule has 0 unspecified atom stereocenters. The maximum Gasteiger partial charge on any atom is 0.411 e. The summed E-state index contributed by atoms with van der Waals surface area (Å²) in [6.07, 6.45) is 2.09. The Morgan fingerprint density at radius 1 is 1.22 bits per heavy atom. The van der Waals surface area contributed by atoms with Gasteiger partial charge >= 0.3 is 12.2 Å². The van der Waals surface area contributed by atoms with Gasteiger partial charge in [0, 0.05) is 19.2 Å². The van der Waals surface area contributed by atoms with E-state index in [1.54, 1.807) is 25.7 Å². The van der Waals surface area contributed by atoms with Gasteiger partial charge in [0.2, 0.25) is 0 Å². The summed E-state index contributed by atoms with van der Waals surface area (Å²) in [5.74, 6) is 0.241. The fourth-order valence-corrected chi connectivity index (χ4v) is 3.60. The number of hydrogen-bond donors (Lipinski definition) is 3. The number of alkyl carbamates (subject to hydrolysis) is 1. The molecule has 0 saturated carbocycles. The summed E-state index contributed by atoms with van der Waals surface area (Å²) in [5.41, 5.74) is -0.225. The summed E-state index contributed by atoms with van der Waals surface area (Å²) in [6, 6.07) is 2.69. The lowest BCUT2D eigenvalue weighted by molar-refractivity contribution is 0.0525. The molecule has 1 fully saturated rings. The van der Waals surface area contributed by atoms with Crippen molar-refractivity contribution in [2.45, 2.75) is 51.7 Å². The van der Waals surface area contributed by atoms with Gasteiger partial charge in [-0.1, -0.05) is 12.7 Å². The summed E-state index contributed by atoms with van der Waals surface area (Å²) in [5, 5.41) is 14.9. The van der Waals surface area contributed by atoms with Gasteiger partial charge < -0.3 is 34.3 Å². The lowest BCUT2D eigenvalue weighted by atomic mass is 10.1. The number of ether oxygens (including phenoxy) is 4. The van der Waals surface area contributed by atoms with E-state index < -0.39 is 17.8 Å². The Balaban J connectivity index is 2.17. The van der Waals surface area contributed by atoms with Crippen molar-refractivity contribution in [3.63, 3.8) is 0 Å². The predicted octanol–water partition coefficient (Wildman–Crippen LogP) is 3.32. The van der Waals surface area contributed by atoms with Gasteiger partial charge in [-0.3, -0.25) is 10.1 Å². The molecular weight excluding hydrogens is 470 g/mol.